The van der Waals surface area contributed by atoms with Crippen molar-refractivity contribution >= 4 is 17.8 Å². The third-order valence-corrected chi connectivity index (χ3v) is 4.84. The topological polar surface area (TPSA) is 66.9 Å². The van der Waals surface area contributed by atoms with E-state index in [0.29, 0.717) is 26.0 Å². The van der Waals surface area contributed by atoms with Gasteiger partial charge in [-0.1, -0.05) is 6.07 Å². The largest absolute Gasteiger partial charge is 0.466 e. The van der Waals surface area contributed by atoms with Crippen molar-refractivity contribution in [3.8, 4) is 0 Å². The number of benzene rings is 1. The van der Waals surface area contributed by atoms with Gasteiger partial charge in [-0.3, -0.25) is 14.4 Å². The molecular weight excluding hydrogens is 370 g/mol. The number of hydrogen-bond acceptors (Lipinski definition) is 4. The van der Waals surface area contributed by atoms with Gasteiger partial charge in [0.2, 0.25) is 11.8 Å². The van der Waals surface area contributed by atoms with Gasteiger partial charge in [-0.15, -0.1) is 0 Å². The molecule has 1 aliphatic rings. The summed E-state index contributed by atoms with van der Waals surface area (Å²) >= 11 is 0. The van der Waals surface area contributed by atoms with E-state index in [2.05, 4.69) is 0 Å². The standard InChI is InChI=1S/C20H26F2N2O4/c1-3-28-20(27)14-6-5-11-24(12-14)19(26)13-23(2)18(25)10-9-15-16(21)7-4-8-17(15)22/h4,7-8,14H,3,5-6,9-13H2,1-2H3. The Kier molecular flexibility index (Phi) is 7.90. The van der Waals surface area contributed by atoms with Gasteiger partial charge in [-0.2, -0.15) is 0 Å². The summed E-state index contributed by atoms with van der Waals surface area (Å²) in [5.41, 5.74) is -0.135. The Hall–Kier alpha value is -2.51. The maximum atomic E-state index is 13.6. The quantitative estimate of drug-likeness (QED) is 0.663. The van der Waals surface area contributed by atoms with Crippen LogP contribution >= 0.6 is 0 Å². The zero-order valence-electron chi connectivity index (χ0n) is 16.2. The fourth-order valence-corrected chi connectivity index (χ4v) is 3.24. The van der Waals surface area contributed by atoms with Gasteiger partial charge in [0.05, 0.1) is 19.1 Å². The van der Waals surface area contributed by atoms with E-state index in [1.165, 1.54) is 18.0 Å². The third-order valence-electron chi connectivity index (χ3n) is 4.84. The summed E-state index contributed by atoms with van der Waals surface area (Å²) in [5, 5.41) is 0. The predicted molar refractivity (Wildman–Crippen MR) is 98.3 cm³/mol. The molecule has 1 aliphatic heterocycles. The van der Waals surface area contributed by atoms with Gasteiger partial charge in [0.1, 0.15) is 11.6 Å². The van der Waals surface area contributed by atoms with E-state index in [1.54, 1.807) is 11.8 Å². The minimum atomic E-state index is -0.690. The van der Waals surface area contributed by atoms with Crippen molar-refractivity contribution in [3.63, 3.8) is 0 Å². The lowest BCUT2D eigenvalue weighted by molar-refractivity contribution is -0.152. The number of amides is 2. The summed E-state index contributed by atoms with van der Waals surface area (Å²) in [6.07, 6.45) is 1.18. The predicted octanol–water partition coefficient (Wildman–Crippen LogP) is 2.16. The lowest BCUT2D eigenvalue weighted by Crippen LogP contribution is -2.47. The fourth-order valence-electron chi connectivity index (χ4n) is 3.24. The Labute approximate surface area is 163 Å². The van der Waals surface area contributed by atoms with Crippen molar-refractivity contribution in [2.75, 3.05) is 33.3 Å². The summed E-state index contributed by atoms with van der Waals surface area (Å²) < 4.78 is 32.3. The van der Waals surface area contributed by atoms with Crippen molar-refractivity contribution in [1.82, 2.24) is 9.80 Å². The molecule has 0 aliphatic carbocycles. The van der Waals surface area contributed by atoms with Crippen molar-refractivity contribution in [2.45, 2.75) is 32.6 Å². The van der Waals surface area contributed by atoms with Gasteiger partial charge < -0.3 is 14.5 Å². The van der Waals surface area contributed by atoms with E-state index in [9.17, 15) is 23.2 Å². The highest BCUT2D eigenvalue weighted by atomic mass is 19.1. The van der Waals surface area contributed by atoms with Gasteiger partial charge in [0.15, 0.2) is 0 Å². The molecule has 8 heteroatoms. The van der Waals surface area contributed by atoms with Gasteiger partial charge in [-0.05, 0) is 38.3 Å². The zero-order chi connectivity index (χ0) is 20.7. The molecule has 1 saturated heterocycles. The highest BCUT2D eigenvalue weighted by Gasteiger charge is 2.30. The van der Waals surface area contributed by atoms with Crippen LogP contribution in [0.2, 0.25) is 0 Å². The SMILES string of the molecule is CCOC(=O)C1CCCN(C(=O)CN(C)C(=O)CCc2c(F)cccc2F)C1. The average Bonchev–Trinajstić information content (AvgIpc) is 2.67. The molecule has 1 unspecified atom stereocenters. The lowest BCUT2D eigenvalue weighted by atomic mass is 9.98. The number of carbonyl (C=O) groups is 3. The first-order valence-corrected chi connectivity index (χ1v) is 9.44. The fraction of sp³-hybridized carbons (Fsp3) is 0.550. The Morgan fingerprint density at radius 1 is 1.25 bits per heavy atom. The molecule has 0 spiro atoms. The highest BCUT2D eigenvalue weighted by molar-refractivity contribution is 5.85. The minimum absolute atomic E-state index is 0.0789. The molecule has 1 atom stereocenters. The Morgan fingerprint density at radius 3 is 2.57 bits per heavy atom. The molecule has 154 valence electrons. The lowest BCUT2D eigenvalue weighted by Gasteiger charge is -2.32. The van der Waals surface area contributed by atoms with Crippen LogP contribution in [0.25, 0.3) is 0 Å². The van der Waals surface area contributed by atoms with Crippen LogP contribution < -0.4 is 0 Å². The van der Waals surface area contributed by atoms with Crippen molar-refractivity contribution in [1.29, 1.82) is 0 Å². The molecule has 6 nitrogen and oxygen atoms in total. The number of carbonyl (C=O) groups excluding carboxylic acids is 3. The molecule has 2 amide bonds. The van der Waals surface area contributed by atoms with Crippen LogP contribution in [0.5, 0.6) is 0 Å². The van der Waals surface area contributed by atoms with E-state index in [0.717, 1.165) is 12.1 Å². The zero-order valence-corrected chi connectivity index (χ0v) is 16.2. The summed E-state index contributed by atoms with van der Waals surface area (Å²) in [6, 6.07) is 3.56. The molecule has 0 radical (unpaired) electrons. The molecule has 2 rings (SSSR count). The van der Waals surface area contributed by atoms with Crippen molar-refractivity contribution in [2.24, 2.45) is 5.92 Å². The molecule has 0 N–H and O–H groups in total. The van der Waals surface area contributed by atoms with Crippen LogP contribution in [0.3, 0.4) is 0 Å². The maximum Gasteiger partial charge on any atom is 0.310 e. The summed E-state index contributed by atoms with van der Waals surface area (Å²) in [7, 11) is 1.48. The summed E-state index contributed by atoms with van der Waals surface area (Å²) in [6.45, 7) is 2.69. The van der Waals surface area contributed by atoms with Crippen molar-refractivity contribution < 1.29 is 27.9 Å². The molecule has 0 saturated carbocycles. The normalized spacial score (nSPS) is 16.6. The number of halogens is 2. The van der Waals surface area contributed by atoms with Gasteiger partial charge in [-0.25, -0.2) is 8.78 Å². The van der Waals surface area contributed by atoms with E-state index < -0.39 is 11.6 Å². The van der Waals surface area contributed by atoms with E-state index in [-0.39, 0.29) is 55.2 Å². The number of ether oxygens (including phenoxy) is 1. The second-order valence-electron chi connectivity index (χ2n) is 6.88. The van der Waals surface area contributed by atoms with Gasteiger partial charge in [0, 0.05) is 32.1 Å². The summed E-state index contributed by atoms with van der Waals surface area (Å²) in [4.78, 5) is 39.4. The molecule has 1 fully saturated rings. The van der Waals surface area contributed by atoms with E-state index >= 15 is 0 Å². The Morgan fingerprint density at radius 2 is 1.93 bits per heavy atom. The van der Waals surface area contributed by atoms with Crippen molar-refractivity contribution in [3.05, 3.63) is 35.4 Å². The highest BCUT2D eigenvalue weighted by Crippen LogP contribution is 2.18. The molecule has 1 aromatic rings. The second-order valence-corrected chi connectivity index (χ2v) is 6.88. The van der Waals surface area contributed by atoms with Gasteiger partial charge in [0.25, 0.3) is 0 Å². The first-order chi connectivity index (χ1) is 13.3. The third kappa shape index (κ3) is 5.74. The molecule has 1 heterocycles. The average molecular weight is 396 g/mol. The number of likely N-dealkylation sites (N-methyl/N-ethyl adjacent to an activating group) is 1. The molecular formula is C20H26F2N2O4. The number of hydrogen-bond donors (Lipinski definition) is 0. The Bertz CT molecular complexity index is 706. The van der Waals surface area contributed by atoms with Crippen LogP contribution in [0.1, 0.15) is 31.7 Å². The number of piperidine rings is 1. The molecule has 28 heavy (non-hydrogen) atoms. The first-order valence-electron chi connectivity index (χ1n) is 9.44. The molecule has 1 aromatic carbocycles. The van der Waals surface area contributed by atoms with E-state index in [1.807, 2.05) is 0 Å². The molecule has 0 bridgehead atoms. The van der Waals surface area contributed by atoms with Crippen LogP contribution in [-0.4, -0.2) is 60.9 Å². The van der Waals surface area contributed by atoms with E-state index in [4.69, 9.17) is 4.74 Å². The van der Waals surface area contributed by atoms with Crippen LogP contribution in [0.15, 0.2) is 18.2 Å². The van der Waals surface area contributed by atoms with Crippen LogP contribution in [0, 0.1) is 17.6 Å². The monoisotopic (exact) mass is 396 g/mol. The van der Waals surface area contributed by atoms with Crippen LogP contribution in [0.4, 0.5) is 8.78 Å². The minimum Gasteiger partial charge on any atom is -0.466 e. The molecule has 0 aromatic heterocycles. The number of nitrogens with zero attached hydrogens (tertiary/aromatic N) is 2. The maximum absolute atomic E-state index is 13.6. The smallest absolute Gasteiger partial charge is 0.310 e. The number of esters is 1. The Balaban J connectivity index is 1.85. The van der Waals surface area contributed by atoms with Crippen LogP contribution in [-0.2, 0) is 25.5 Å². The first kappa shape index (κ1) is 21.8. The summed E-state index contributed by atoms with van der Waals surface area (Å²) in [5.74, 6) is -2.68. The second kappa shape index (κ2) is 10.1. The number of likely N-dealkylation sites (tertiary alicyclic amines) is 1. The van der Waals surface area contributed by atoms with Gasteiger partial charge >= 0.3 is 5.97 Å². The number of rotatable bonds is 7.